The van der Waals surface area contributed by atoms with Gasteiger partial charge in [-0.15, -0.1) is 0 Å². The lowest BCUT2D eigenvalue weighted by molar-refractivity contribution is -0.917. The number of carbonyl (C=O) groups excluding carboxylic acids is 1. The Kier molecular flexibility index (Phi) is 5.09. The maximum atomic E-state index is 12.6. The summed E-state index contributed by atoms with van der Waals surface area (Å²) >= 11 is 0. The number of benzene rings is 2. The summed E-state index contributed by atoms with van der Waals surface area (Å²) in [6.07, 6.45) is 0. The van der Waals surface area contributed by atoms with Crippen molar-refractivity contribution in [2.24, 2.45) is 0 Å². The second-order valence-corrected chi connectivity index (χ2v) is 6.45. The first-order chi connectivity index (χ1) is 12.0. The Bertz CT molecular complexity index is 783. The first-order valence-electron chi connectivity index (χ1n) is 8.46. The normalized spacial score (nSPS) is 15.2. The number of nitro benzene ring substituents is 1. The molecule has 0 spiro atoms. The molecule has 6 nitrogen and oxygen atoms in total. The van der Waals surface area contributed by atoms with Crippen LogP contribution in [0, 0.1) is 17.0 Å². The second kappa shape index (κ2) is 7.44. The molecule has 130 valence electrons. The van der Waals surface area contributed by atoms with Crippen molar-refractivity contribution < 1.29 is 14.6 Å². The quantitative estimate of drug-likeness (QED) is 0.676. The first-order valence-corrected chi connectivity index (χ1v) is 8.46. The molecule has 1 amide bonds. The summed E-state index contributed by atoms with van der Waals surface area (Å²) in [5, 5.41) is 10.9. The minimum atomic E-state index is -0.471. The Morgan fingerprint density at radius 1 is 1.16 bits per heavy atom. The van der Waals surface area contributed by atoms with Crippen LogP contribution in [0.5, 0.6) is 0 Å². The SMILES string of the molecule is Cc1ccccc1C[NH+]1CCN(C(=O)c2cccc([N+](=O)[O-])c2)CC1. The Labute approximate surface area is 146 Å². The van der Waals surface area contributed by atoms with Gasteiger partial charge in [-0.25, -0.2) is 0 Å². The van der Waals surface area contributed by atoms with E-state index in [4.69, 9.17) is 0 Å². The van der Waals surface area contributed by atoms with Gasteiger partial charge in [0.05, 0.1) is 31.1 Å². The number of piperazine rings is 1. The van der Waals surface area contributed by atoms with Gasteiger partial charge in [-0.2, -0.15) is 0 Å². The van der Waals surface area contributed by atoms with Crippen LogP contribution in [-0.4, -0.2) is 41.9 Å². The number of nitro groups is 1. The van der Waals surface area contributed by atoms with Crippen molar-refractivity contribution in [3.05, 3.63) is 75.3 Å². The number of aryl methyl sites for hydroxylation is 1. The van der Waals surface area contributed by atoms with Gasteiger partial charge in [0.25, 0.3) is 11.6 Å². The minimum Gasteiger partial charge on any atom is -0.328 e. The lowest BCUT2D eigenvalue weighted by atomic mass is 10.1. The molecule has 2 aromatic rings. The highest BCUT2D eigenvalue weighted by molar-refractivity contribution is 5.94. The molecular formula is C19H22N3O3+. The van der Waals surface area contributed by atoms with Crippen molar-refractivity contribution in [3.8, 4) is 0 Å². The zero-order valence-corrected chi connectivity index (χ0v) is 14.3. The number of rotatable bonds is 4. The average molecular weight is 340 g/mol. The summed E-state index contributed by atoms with van der Waals surface area (Å²) in [7, 11) is 0. The predicted octanol–water partition coefficient (Wildman–Crippen LogP) is 1.44. The maximum Gasteiger partial charge on any atom is 0.270 e. The third-order valence-corrected chi connectivity index (χ3v) is 4.76. The molecule has 1 N–H and O–H groups in total. The molecule has 25 heavy (non-hydrogen) atoms. The van der Waals surface area contributed by atoms with E-state index in [1.165, 1.54) is 28.2 Å². The molecule has 1 fully saturated rings. The van der Waals surface area contributed by atoms with Crippen molar-refractivity contribution in [2.45, 2.75) is 13.5 Å². The van der Waals surface area contributed by atoms with E-state index < -0.39 is 4.92 Å². The Hall–Kier alpha value is -2.73. The number of hydrogen-bond acceptors (Lipinski definition) is 3. The van der Waals surface area contributed by atoms with E-state index in [0.717, 1.165) is 19.6 Å². The van der Waals surface area contributed by atoms with E-state index in [0.29, 0.717) is 18.7 Å². The second-order valence-electron chi connectivity index (χ2n) is 6.45. The lowest BCUT2D eigenvalue weighted by Gasteiger charge is -2.32. The molecule has 0 saturated carbocycles. The van der Waals surface area contributed by atoms with E-state index in [-0.39, 0.29) is 11.6 Å². The molecule has 2 aromatic carbocycles. The summed E-state index contributed by atoms with van der Waals surface area (Å²) in [5.41, 5.74) is 2.98. The van der Waals surface area contributed by atoms with Crippen LogP contribution in [0.4, 0.5) is 5.69 Å². The average Bonchev–Trinajstić information content (AvgIpc) is 2.64. The smallest absolute Gasteiger partial charge is 0.270 e. The van der Waals surface area contributed by atoms with Crippen molar-refractivity contribution in [1.82, 2.24) is 4.90 Å². The lowest BCUT2D eigenvalue weighted by Crippen LogP contribution is -3.13. The van der Waals surface area contributed by atoms with E-state index in [2.05, 4.69) is 25.1 Å². The van der Waals surface area contributed by atoms with Crippen molar-refractivity contribution in [2.75, 3.05) is 26.2 Å². The third kappa shape index (κ3) is 4.03. The fourth-order valence-electron chi connectivity index (χ4n) is 3.22. The Morgan fingerprint density at radius 2 is 1.88 bits per heavy atom. The zero-order valence-electron chi connectivity index (χ0n) is 14.3. The molecule has 0 aromatic heterocycles. The molecule has 0 unspecified atom stereocenters. The molecule has 0 atom stereocenters. The van der Waals surface area contributed by atoms with Crippen LogP contribution < -0.4 is 4.90 Å². The highest BCUT2D eigenvalue weighted by atomic mass is 16.6. The van der Waals surface area contributed by atoms with Crippen LogP contribution in [0.1, 0.15) is 21.5 Å². The monoisotopic (exact) mass is 340 g/mol. The Balaban J connectivity index is 1.60. The molecule has 0 radical (unpaired) electrons. The van der Waals surface area contributed by atoms with Crippen LogP contribution in [0.2, 0.25) is 0 Å². The van der Waals surface area contributed by atoms with Crippen molar-refractivity contribution >= 4 is 11.6 Å². The van der Waals surface area contributed by atoms with E-state index in [9.17, 15) is 14.9 Å². The topological polar surface area (TPSA) is 67.9 Å². The molecule has 3 rings (SSSR count). The van der Waals surface area contributed by atoms with Crippen molar-refractivity contribution in [3.63, 3.8) is 0 Å². The van der Waals surface area contributed by atoms with Gasteiger partial charge >= 0.3 is 0 Å². The molecule has 1 aliphatic heterocycles. The van der Waals surface area contributed by atoms with E-state index >= 15 is 0 Å². The standard InChI is InChI=1S/C19H21N3O3/c1-15-5-2-3-6-17(15)14-20-9-11-21(12-10-20)19(23)16-7-4-8-18(13-16)22(24)25/h2-8,13H,9-12,14H2,1H3/p+1. The van der Waals surface area contributed by atoms with Gasteiger partial charge in [-0.3, -0.25) is 14.9 Å². The summed E-state index contributed by atoms with van der Waals surface area (Å²) in [5.74, 6) is -0.126. The van der Waals surface area contributed by atoms with Crippen LogP contribution in [0.3, 0.4) is 0 Å². The van der Waals surface area contributed by atoms with Crippen LogP contribution in [0.25, 0.3) is 0 Å². The van der Waals surface area contributed by atoms with Crippen molar-refractivity contribution in [1.29, 1.82) is 0 Å². The van der Waals surface area contributed by atoms with Gasteiger partial charge in [0.2, 0.25) is 0 Å². The fraction of sp³-hybridized carbons (Fsp3) is 0.316. The predicted molar refractivity (Wildman–Crippen MR) is 94.6 cm³/mol. The summed E-state index contributed by atoms with van der Waals surface area (Å²) < 4.78 is 0. The van der Waals surface area contributed by atoms with Gasteiger partial charge in [-0.05, 0) is 18.6 Å². The minimum absolute atomic E-state index is 0.0466. The van der Waals surface area contributed by atoms with Gasteiger partial charge < -0.3 is 9.80 Å². The summed E-state index contributed by atoms with van der Waals surface area (Å²) in [6, 6.07) is 14.3. The zero-order chi connectivity index (χ0) is 17.8. The first kappa shape index (κ1) is 17.1. The number of quaternary nitrogens is 1. The number of nitrogens with one attached hydrogen (secondary N) is 1. The number of carbonyl (C=O) groups is 1. The highest BCUT2D eigenvalue weighted by Gasteiger charge is 2.25. The van der Waals surface area contributed by atoms with Gasteiger partial charge in [0.1, 0.15) is 6.54 Å². The Morgan fingerprint density at radius 3 is 2.56 bits per heavy atom. The van der Waals surface area contributed by atoms with Crippen LogP contribution >= 0.6 is 0 Å². The molecule has 0 bridgehead atoms. The number of hydrogen-bond donors (Lipinski definition) is 1. The molecular weight excluding hydrogens is 318 g/mol. The van der Waals surface area contributed by atoms with Gasteiger partial charge in [-0.1, -0.05) is 30.3 Å². The molecule has 0 aliphatic carbocycles. The van der Waals surface area contributed by atoms with E-state index in [1.54, 1.807) is 17.0 Å². The molecule has 1 aliphatic rings. The van der Waals surface area contributed by atoms with Crippen LogP contribution in [-0.2, 0) is 6.54 Å². The van der Waals surface area contributed by atoms with E-state index in [1.807, 2.05) is 6.07 Å². The number of non-ortho nitro benzene ring substituents is 1. The maximum absolute atomic E-state index is 12.6. The summed E-state index contributed by atoms with van der Waals surface area (Å²) in [6.45, 7) is 6.19. The van der Waals surface area contributed by atoms with Crippen LogP contribution in [0.15, 0.2) is 48.5 Å². The molecule has 1 saturated heterocycles. The fourth-order valence-corrected chi connectivity index (χ4v) is 3.22. The highest BCUT2D eigenvalue weighted by Crippen LogP contribution is 2.15. The molecule has 6 heteroatoms. The largest absolute Gasteiger partial charge is 0.328 e. The number of amides is 1. The van der Waals surface area contributed by atoms with Gasteiger partial charge in [0.15, 0.2) is 0 Å². The molecule has 1 heterocycles. The number of nitrogens with zero attached hydrogens (tertiary/aromatic N) is 2. The van der Waals surface area contributed by atoms with Gasteiger partial charge in [0, 0.05) is 23.3 Å². The third-order valence-electron chi connectivity index (χ3n) is 4.76. The summed E-state index contributed by atoms with van der Waals surface area (Å²) in [4.78, 5) is 26.2.